The van der Waals surface area contributed by atoms with E-state index in [0.29, 0.717) is 6.42 Å². The number of nitrogens with one attached hydrogen (secondary N) is 2. The van der Waals surface area contributed by atoms with Gasteiger partial charge in [0.25, 0.3) is 0 Å². The lowest BCUT2D eigenvalue weighted by Crippen LogP contribution is -2.51. The molecule has 7 nitrogen and oxygen atoms in total. The molecule has 0 fully saturated rings. The molecule has 0 aromatic carbocycles. The van der Waals surface area contributed by atoms with E-state index in [4.69, 9.17) is 5.11 Å². The van der Waals surface area contributed by atoms with Crippen molar-refractivity contribution in [2.24, 2.45) is 5.92 Å². The zero-order valence-corrected chi connectivity index (χ0v) is 12.5. The van der Waals surface area contributed by atoms with Crippen molar-refractivity contribution >= 4 is 21.8 Å². The molecule has 0 rings (SSSR count). The molecule has 3 N–H and O–H groups in total. The number of rotatable bonds is 7. The van der Waals surface area contributed by atoms with Gasteiger partial charge in [0.15, 0.2) is 0 Å². The molecule has 0 saturated heterocycles. The predicted octanol–water partition coefficient (Wildman–Crippen LogP) is 0.218. The van der Waals surface area contributed by atoms with Crippen molar-refractivity contribution in [3.8, 4) is 0 Å². The zero-order chi connectivity index (χ0) is 15.2. The molecule has 0 heterocycles. The molecule has 8 heteroatoms. The van der Waals surface area contributed by atoms with Gasteiger partial charge < -0.3 is 15.7 Å². The van der Waals surface area contributed by atoms with Crippen molar-refractivity contribution in [3.05, 3.63) is 0 Å². The van der Waals surface area contributed by atoms with Crippen LogP contribution in [0.25, 0.3) is 0 Å². The summed E-state index contributed by atoms with van der Waals surface area (Å²) in [6, 6.07) is -2.25. The number of carboxylic acid groups (broad SMARTS) is 1. The lowest BCUT2D eigenvalue weighted by Gasteiger charge is -2.21. The molecule has 2 amide bonds. The molecule has 0 radical (unpaired) electrons. The van der Waals surface area contributed by atoms with Crippen molar-refractivity contribution < 1.29 is 23.1 Å². The molecule has 3 atom stereocenters. The fourth-order valence-electron chi connectivity index (χ4n) is 1.59. The Labute approximate surface area is 113 Å². The van der Waals surface area contributed by atoms with Crippen molar-refractivity contribution in [1.29, 1.82) is 0 Å². The second-order valence-electron chi connectivity index (χ2n) is 4.81. The molecule has 0 aromatic rings. The summed E-state index contributed by atoms with van der Waals surface area (Å²) in [5, 5.41) is 13.8. The van der Waals surface area contributed by atoms with Crippen LogP contribution < -0.4 is 10.6 Å². The Morgan fingerprint density at radius 2 is 1.74 bits per heavy atom. The second kappa shape index (κ2) is 7.32. The Kier molecular flexibility index (Phi) is 6.82. The number of sulfone groups is 1. The van der Waals surface area contributed by atoms with Crippen LogP contribution in [0.1, 0.15) is 27.2 Å². The minimum Gasteiger partial charge on any atom is -0.480 e. The van der Waals surface area contributed by atoms with E-state index >= 15 is 0 Å². The van der Waals surface area contributed by atoms with E-state index < -0.39 is 33.9 Å². The highest BCUT2D eigenvalue weighted by Crippen LogP contribution is 2.07. The summed E-state index contributed by atoms with van der Waals surface area (Å²) in [5.74, 6) is -1.52. The largest absolute Gasteiger partial charge is 0.480 e. The number of carboxylic acids is 1. The monoisotopic (exact) mass is 294 g/mol. The van der Waals surface area contributed by atoms with Gasteiger partial charge in [-0.25, -0.2) is 18.0 Å². The van der Waals surface area contributed by atoms with Crippen LogP contribution in [0.4, 0.5) is 4.79 Å². The summed E-state index contributed by atoms with van der Waals surface area (Å²) in [4.78, 5) is 22.6. The SMILES string of the molecule is CCC(C)[C@H](NC(=O)NC(C)CS(C)(=O)=O)C(=O)O. The van der Waals surface area contributed by atoms with Gasteiger partial charge in [0.1, 0.15) is 15.9 Å². The third-order valence-corrected chi connectivity index (χ3v) is 3.80. The quantitative estimate of drug-likeness (QED) is 0.621. The number of carbonyl (C=O) groups is 2. The maximum Gasteiger partial charge on any atom is 0.326 e. The molecule has 112 valence electrons. The smallest absolute Gasteiger partial charge is 0.326 e. The average Bonchev–Trinajstić information content (AvgIpc) is 2.21. The molecule has 0 aliphatic heterocycles. The predicted molar refractivity (Wildman–Crippen MR) is 71.7 cm³/mol. The molecule has 19 heavy (non-hydrogen) atoms. The second-order valence-corrected chi connectivity index (χ2v) is 7.00. The van der Waals surface area contributed by atoms with E-state index in [1.165, 1.54) is 0 Å². The average molecular weight is 294 g/mol. The molecule has 0 aliphatic rings. The minimum atomic E-state index is -3.19. The van der Waals surface area contributed by atoms with Gasteiger partial charge in [-0.05, 0) is 12.8 Å². The van der Waals surface area contributed by atoms with Gasteiger partial charge in [-0.3, -0.25) is 0 Å². The zero-order valence-electron chi connectivity index (χ0n) is 11.6. The minimum absolute atomic E-state index is 0.193. The lowest BCUT2D eigenvalue weighted by molar-refractivity contribution is -0.140. The van der Waals surface area contributed by atoms with Crippen LogP contribution in [0.15, 0.2) is 0 Å². The normalized spacial score (nSPS) is 16.2. The summed E-state index contributed by atoms with van der Waals surface area (Å²) in [6.07, 6.45) is 1.68. The van der Waals surface area contributed by atoms with E-state index in [2.05, 4.69) is 10.6 Å². The maximum absolute atomic E-state index is 11.6. The molecular formula is C11H22N2O5S. The summed E-state index contributed by atoms with van der Waals surface area (Å²) >= 11 is 0. The van der Waals surface area contributed by atoms with Gasteiger partial charge in [-0.15, -0.1) is 0 Å². The topological polar surface area (TPSA) is 113 Å². The van der Waals surface area contributed by atoms with Crippen molar-refractivity contribution in [2.75, 3.05) is 12.0 Å². The van der Waals surface area contributed by atoms with Crippen LogP contribution >= 0.6 is 0 Å². The number of hydrogen-bond acceptors (Lipinski definition) is 4. The summed E-state index contributed by atoms with van der Waals surface area (Å²) in [6.45, 7) is 5.09. The summed E-state index contributed by atoms with van der Waals surface area (Å²) < 4.78 is 22.1. The molecule has 0 spiro atoms. The first kappa shape index (κ1) is 17.7. The van der Waals surface area contributed by atoms with Gasteiger partial charge in [0, 0.05) is 12.3 Å². The standard InChI is InChI=1S/C11H22N2O5S/c1-5-7(2)9(10(14)15)13-11(16)12-8(3)6-19(4,17)18/h7-9H,5-6H2,1-4H3,(H,14,15)(H2,12,13,16)/t7?,8?,9-/m0/s1. The number of aliphatic carboxylic acids is 1. The Balaban J connectivity index is 4.47. The van der Waals surface area contributed by atoms with Gasteiger partial charge in [0.05, 0.1) is 5.75 Å². The maximum atomic E-state index is 11.6. The summed E-state index contributed by atoms with van der Waals surface area (Å²) in [7, 11) is -3.19. The van der Waals surface area contributed by atoms with Gasteiger partial charge >= 0.3 is 12.0 Å². The van der Waals surface area contributed by atoms with Crippen LogP contribution in [0, 0.1) is 5.92 Å². The van der Waals surface area contributed by atoms with E-state index in [0.717, 1.165) is 6.26 Å². The number of urea groups is 1. The van der Waals surface area contributed by atoms with E-state index in [9.17, 15) is 18.0 Å². The first-order chi connectivity index (χ1) is 8.56. The Morgan fingerprint density at radius 3 is 2.11 bits per heavy atom. The van der Waals surface area contributed by atoms with Crippen LogP contribution in [-0.4, -0.2) is 49.6 Å². The summed E-state index contributed by atoms with van der Waals surface area (Å²) in [5.41, 5.74) is 0. The van der Waals surface area contributed by atoms with E-state index in [-0.39, 0.29) is 11.7 Å². The lowest BCUT2D eigenvalue weighted by atomic mass is 9.99. The van der Waals surface area contributed by atoms with Crippen molar-refractivity contribution in [3.63, 3.8) is 0 Å². The molecule has 0 aliphatic carbocycles. The third-order valence-electron chi connectivity index (χ3n) is 2.70. The molecule has 0 saturated carbocycles. The highest BCUT2D eigenvalue weighted by Gasteiger charge is 2.25. The number of hydrogen-bond donors (Lipinski definition) is 3. The van der Waals surface area contributed by atoms with Gasteiger partial charge in [-0.1, -0.05) is 20.3 Å². The van der Waals surface area contributed by atoms with E-state index in [1.807, 2.05) is 6.92 Å². The van der Waals surface area contributed by atoms with Crippen molar-refractivity contribution in [1.82, 2.24) is 10.6 Å². The first-order valence-corrected chi connectivity index (χ1v) is 8.10. The van der Waals surface area contributed by atoms with E-state index in [1.54, 1.807) is 13.8 Å². The molecule has 0 aromatic heterocycles. The number of amides is 2. The van der Waals surface area contributed by atoms with Crippen LogP contribution in [-0.2, 0) is 14.6 Å². The highest BCUT2D eigenvalue weighted by atomic mass is 32.2. The van der Waals surface area contributed by atoms with Gasteiger partial charge in [-0.2, -0.15) is 0 Å². The Morgan fingerprint density at radius 1 is 1.21 bits per heavy atom. The van der Waals surface area contributed by atoms with Crippen molar-refractivity contribution in [2.45, 2.75) is 39.3 Å². The fraction of sp³-hybridized carbons (Fsp3) is 0.818. The first-order valence-electron chi connectivity index (χ1n) is 6.04. The molecule has 0 bridgehead atoms. The number of carbonyl (C=O) groups excluding carboxylic acids is 1. The highest BCUT2D eigenvalue weighted by molar-refractivity contribution is 7.90. The van der Waals surface area contributed by atoms with Crippen LogP contribution in [0.3, 0.4) is 0 Å². The van der Waals surface area contributed by atoms with Gasteiger partial charge in [0.2, 0.25) is 0 Å². The Bertz CT molecular complexity index is 421. The molecular weight excluding hydrogens is 272 g/mol. The molecule has 2 unspecified atom stereocenters. The Hall–Kier alpha value is -1.31. The third kappa shape index (κ3) is 7.66. The van der Waals surface area contributed by atoms with Crippen LogP contribution in [0.5, 0.6) is 0 Å². The fourth-order valence-corrected chi connectivity index (χ4v) is 2.58. The van der Waals surface area contributed by atoms with Crippen LogP contribution in [0.2, 0.25) is 0 Å².